The summed E-state index contributed by atoms with van der Waals surface area (Å²) in [6, 6.07) is 1.69. The molecule has 1 aliphatic carbocycles. The first kappa shape index (κ1) is 12.3. The minimum absolute atomic E-state index is 0.181. The number of rotatable bonds is 2. The maximum Gasteiger partial charge on any atom is 0.226 e. The number of hydrogen-bond donors (Lipinski definition) is 1. The smallest absolute Gasteiger partial charge is 0.226 e. The highest BCUT2D eigenvalue weighted by molar-refractivity contribution is 5.99. The number of hydrogen-bond acceptors (Lipinski definition) is 5. The molecule has 0 amide bonds. The van der Waals surface area contributed by atoms with Gasteiger partial charge in [-0.05, 0) is 25.8 Å². The van der Waals surface area contributed by atoms with Gasteiger partial charge in [-0.1, -0.05) is 0 Å². The summed E-state index contributed by atoms with van der Waals surface area (Å²) in [5.74, 6) is 0.862. The molecule has 1 atom stereocenters. The molecule has 0 unspecified atom stereocenters. The van der Waals surface area contributed by atoms with Crippen molar-refractivity contribution in [3.63, 3.8) is 0 Å². The fraction of sp³-hybridized carbons (Fsp3) is 0.429. The molecule has 1 N–H and O–H groups in total. The second kappa shape index (κ2) is 4.54. The van der Waals surface area contributed by atoms with Crippen molar-refractivity contribution in [2.24, 2.45) is 0 Å². The Balaban J connectivity index is 1.88. The number of carbonyl (C=O) groups excluding carboxylic acids is 1. The van der Waals surface area contributed by atoms with Crippen LogP contribution in [0.5, 0.6) is 0 Å². The summed E-state index contributed by atoms with van der Waals surface area (Å²) >= 11 is 0. The van der Waals surface area contributed by atoms with Crippen molar-refractivity contribution in [3.8, 4) is 0 Å². The molecule has 0 radical (unpaired) electrons. The molecule has 1 aliphatic heterocycles. The normalized spacial score (nSPS) is 21.0. The quantitative estimate of drug-likeness (QED) is 0.904. The molecule has 21 heavy (non-hydrogen) atoms. The summed E-state index contributed by atoms with van der Waals surface area (Å²) in [6.45, 7) is 2.84. The number of ketones is 1. The molecule has 2 aromatic heterocycles. The Bertz CT molecular complexity index is 740. The lowest BCUT2D eigenvalue weighted by atomic mass is 9.87. The molecule has 0 fully saturated rings. The molecule has 0 bridgehead atoms. The van der Waals surface area contributed by atoms with E-state index in [1.54, 1.807) is 4.68 Å². The van der Waals surface area contributed by atoms with E-state index in [-0.39, 0.29) is 11.8 Å². The van der Waals surface area contributed by atoms with Crippen molar-refractivity contribution in [3.05, 3.63) is 35.6 Å². The second-order valence-corrected chi connectivity index (χ2v) is 5.32. The first-order valence-corrected chi connectivity index (χ1v) is 7.24. The van der Waals surface area contributed by atoms with Gasteiger partial charge in [-0.2, -0.15) is 15.2 Å². The topological polar surface area (TPSA) is 77.6 Å². The van der Waals surface area contributed by atoms with Gasteiger partial charge in [0.05, 0.1) is 5.69 Å². The van der Waals surface area contributed by atoms with Gasteiger partial charge in [0.2, 0.25) is 5.95 Å². The van der Waals surface area contributed by atoms with Crippen molar-refractivity contribution in [2.45, 2.75) is 38.8 Å². The number of anilines is 1. The Labute approximate surface area is 121 Å². The predicted molar refractivity (Wildman–Crippen MR) is 75.6 cm³/mol. The molecule has 3 heterocycles. The zero-order valence-electron chi connectivity index (χ0n) is 11.8. The van der Waals surface area contributed by atoms with Crippen molar-refractivity contribution in [1.82, 2.24) is 24.5 Å². The lowest BCUT2D eigenvalue weighted by molar-refractivity contribution is -0.116. The van der Waals surface area contributed by atoms with Crippen LogP contribution in [0.15, 0.2) is 29.9 Å². The molecule has 2 aromatic rings. The number of aryl methyl sites for hydroxylation is 1. The molecule has 7 nitrogen and oxygen atoms in total. The zero-order valence-corrected chi connectivity index (χ0v) is 11.8. The highest BCUT2D eigenvalue weighted by Gasteiger charge is 2.37. The number of fused-ring (bicyclic) bond motifs is 1. The molecule has 0 spiro atoms. The Morgan fingerprint density at radius 1 is 1.43 bits per heavy atom. The zero-order chi connectivity index (χ0) is 14.4. The SMILES string of the molecule is CCn1ccc([C@@H]2C3=C(CCCC3=O)Nc3ncnn32)n1. The van der Waals surface area contributed by atoms with Gasteiger partial charge in [-0.3, -0.25) is 9.48 Å². The standard InChI is InChI=1S/C14H16N6O/c1-2-19-7-6-10(18-19)13-12-9(4-3-5-11(12)21)17-14-15-8-16-20(13)14/h6-8,13H,2-5H2,1H3,(H,15,16,17)/t13-/m1/s1. The summed E-state index contributed by atoms with van der Waals surface area (Å²) in [6.07, 6.45) is 5.79. The van der Waals surface area contributed by atoms with E-state index in [2.05, 4.69) is 20.5 Å². The van der Waals surface area contributed by atoms with Gasteiger partial charge in [-0.15, -0.1) is 0 Å². The minimum atomic E-state index is -0.264. The fourth-order valence-corrected chi connectivity index (χ4v) is 3.07. The van der Waals surface area contributed by atoms with Crippen LogP contribution in [0, 0.1) is 0 Å². The van der Waals surface area contributed by atoms with Gasteiger partial charge in [0.15, 0.2) is 5.78 Å². The highest BCUT2D eigenvalue weighted by Crippen LogP contribution is 2.38. The number of Topliss-reactive ketones (excluding diaryl/α,β-unsaturated/α-hetero) is 1. The second-order valence-electron chi connectivity index (χ2n) is 5.32. The van der Waals surface area contributed by atoms with Crippen LogP contribution in [0.4, 0.5) is 5.95 Å². The van der Waals surface area contributed by atoms with E-state index in [9.17, 15) is 4.79 Å². The van der Waals surface area contributed by atoms with Gasteiger partial charge in [0.1, 0.15) is 12.4 Å². The third-order valence-corrected chi connectivity index (χ3v) is 4.08. The number of aromatic nitrogens is 5. The number of nitrogens with one attached hydrogen (secondary N) is 1. The largest absolute Gasteiger partial charge is 0.328 e. The molecule has 0 saturated heterocycles. The van der Waals surface area contributed by atoms with Gasteiger partial charge in [0.25, 0.3) is 0 Å². The maximum atomic E-state index is 12.4. The minimum Gasteiger partial charge on any atom is -0.328 e. The number of allylic oxidation sites excluding steroid dienone is 2. The van der Waals surface area contributed by atoms with Crippen LogP contribution >= 0.6 is 0 Å². The average molecular weight is 284 g/mol. The monoisotopic (exact) mass is 284 g/mol. The number of nitrogens with zero attached hydrogens (tertiary/aromatic N) is 5. The summed E-state index contributed by atoms with van der Waals surface area (Å²) in [7, 11) is 0. The van der Waals surface area contributed by atoms with Crippen LogP contribution < -0.4 is 5.32 Å². The maximum absolute atomic E-state index is 12.4. The van der Waals surface area contributed by atoms with E-state index in [0.717, 1.165) is 36.4 Å². The van der Waals surface area contributed by atoms with Crippen LogP contribution in [0.3, 0.4) is 0 Å². The summed E-state index contributed by atoms with van der Waals surface area (Å²) < 4.78 is 3.62. The van der Waals surface area contributed by atoms with Crippen molar-refractivity contribution >= 4 is 11.7 Å². The van der Waals surface area contributed by atoms with E-state index in [4.69, 9.17) is 0 Å². The van der Waals surface area contributed by atoms with E-state index < -0.39 is 0 Å². The Morgan fingerprint density at radius 3 is 3.14 bits per heavy atom. The van der Waals surface area contributed by atoms with Crippen molar-refractivity contribution < 1.29 is 4.79 Å². The van der Waals surface area contributed by atoms with E-state index in [1.165, 1.54) is 6.33 Å². The van der Waals surface area contributed by atoms with Crippen LogP contribution in [0.1, 0.15) is 37.9 Å². The number of carbonyl (C=O) groups is 1. The van der Waals surface area contributed by atoms with Crippen LogP contribution in [-0.2, 0) is 11.3 Å². The molecule has 7 heteroatoms. The molecular weight excluding hydrogens is 268 g/mol. The third-order valence-electron chi connectivity index (χ3n) is 4.08. The van der Waals surface area contributed by atoms with E-state index in [0.29, 0.717) is 12.4 Å². The van der Waals surface area contributed by atoms with Gasteiger partial charge < -0.3 is 5.32 Å². The molecule has 0 saturated carbocycles. The van der Waals surface area contributed by atoms with Crippen molar-refractivity contribution in [1.29, 1.82) is 0 Å². The Hall–Kier alpha value is -2.44. The summed E-state index contributed by atoms with van der Waals surface area (Å²) in [5.41, 5.74) is 2.61. The van der Waals surface area contributed by atoms with Crippen LogP contribution in [0.25, 0.3) is 0 Å². The molecule has 4 rings (SSSR count). The first-order valence-electron chi connectivity index (χ1n) is 7.24. The van der Waals surface area contributed by atoms with E-state index in [1.807, 2.05) is 23.9 Å². The third kappa shape index (κ3) is 1.80. The Morgan fingerprint density at radius 2 is 2.33 bits per heavy atom. The molecule has 0 aromatic carbocycles. The highest BCUT2D eigenvalue weighted by atomic mass is 16.1. The van der Waals surface area contributed by atoms with Crippen LogP contribution in [-0.4, -0.2) is 30.3 Å². The lowest BCUT2D eigenvalue weighted by Gasteiger charge is -2.31. The van der Waals surface area contributed by atoms with E-state index >= 15 is 0 Å². The summed E-state index contributed by atoms with van der Waals surface area (Å²) in [4.78, 5) is 16.7. The van der Waals surface area contributed by atoms with Gasteiger partial charge in [-0.25, -0.2) is 4.68 Å². The Kier molecular flexibility index (Phi) is 2.66. The summed E-state index contributed by atoms with van der Waals surface area (Å²) in [5, 5.41) is 12.1. The lowest BCUT2D eigenvalue weighted by Crippen LogP contribution is -2.31. The van der Waals surface area contributed by atoms with Gasteiger partial charge in [0, 0.05) is 30.4 Å². The fourth-order valence-electron chi connectivity index (χ4n) is 3.07. The molecule has 108 valence electrons. The van der Waals surface area contributed by atoms with Crippen LogP contribution in [0.2, 0.25) is 0 Å². The first-order chi connectivity index (χ1) is 10.3. The molecular formula is C14H16N6O. The average Bonchev–Trinajstić information content (AvgIpc) is 3.14. The van der Waals surface area contributed by atoms with Crippen molar-refractivity contribution in [2.75, 3.05) is 5.32 Å². The van der Waals surface area contributed by atoms with Gasteiger partial charge >= 0.3 is 0 Å². The predicted octanol–water partition coefficient (Wildman–Crippen LogP) is 1.52. The molecule has 2 aliphatic rings.